The van der Waals surface area contributed by atoms with Crippen LogP contribution in [-0.4, -0.2) is 42.2 Å². The highest BCUT2D eigenvalue weighted by molar-refractivity contribution is 5.91. The van der Waals surface area contributed by atoms with Crippen LogP contribution in [0.2, 0.25) is 0 Å². The second kappa shape index (κ2) is 10.2. The van der Waals surface area contributed by atoms with Crippen LogP contribution in [0.4, 0.5) is 0 Å². The van der Waals surface area contributed by atoms with Gasteiger partial charge in [0.25, 0.3) is 0 Å². The zero-order valence-corrected chi connectivity index (χ0v) is 16.4. The van der Waals surface area contributed by atoms with Gasteiger partial charge in [0, 0.05) is 37.6 Å². The maximum absolute atomic E-state index is 11.9. The van der Waals surface area contributed by atoms with Crippen LogP contribution >= 0.6 is 0 Å². The fourth-order valence-electron chi connectivity index (χ4n) is 3.07. The Morgan fingerprint density at radius 3 is 2.73 bits per heavy atom. The number of hydrogen-bond acceptors (Lipinski definition) is 5. The lowest BCUT2D eigenvalue weighted by Gasteiger charge is -2.27. The molecule has 2 aromatic rings. The van der Waals surface area contributed by atoms with Crippen molar-refractivity contribution in [3.8, 4) is 5.75 Å². The molecule has 5 nitrogen and oxygen atoms in total. The predicted octanol–water partition coefficient (Wildman–Crippen LogP) is 4.11. The number of pyridine rings is 1. The number of morpholine rings is 1. The van der Waals surface area contributed by atoms with Crippen LogP contribution in [0.15, 0.2) is 24.4 Å². The molecule has 0 amide bonds. The first-order chi connectivity index (χ1) is 12.7. The van der Waals surface area contributed by atoms with E-state index in [2.05, 4.69) is 22.0 Å². The summed E-state index contributed by atoms with van der Waals surface area (Å²) < 4.78 is 11.0. The molecular formula is C21H30N2O3. The second-order valence-electron chi connectivity index (χ2n) is 6.19. The summed E-state index contributed by atoms with van der Waals surface area (Å²) in [7, 11) is 0. The number of benzene rings is 1. The van der Waals surface area contributed by atoms with Crippen LogP contribution in [0, 0.1) is 6.92 Å². The Morgan fingerprint density at radius 2 is 2.04 bits per heavy atom. The number of carbonyl (C=O) groups excluding carboxylic acids is 1. The molecule has 0 atom stereocenters. The fourth-order valence-corrected chi connectivity index (χ4v) is 3.07. The highest BCUT2D eigenvalue weighted by Gasteiger charge is 2.17. The lowest BCUT2D eigenvalue weighted by Crippen LogP contribution is -2.35. The van der Waals surface area contributed by atoms with E-state index in [4.69, 9.17) is 9.47 Å². The minimum absolute atomic E-state index is 0.200. The average molecular weight is 358 g/mol. The Kier molecular flexibility index (Phi) is 8.01. The van der Waals surface area contributed by atoms with Crippen molar-refractivity contribution in [2.75, 3.05) is 26.3 Å². The van der Waals surface area contributed by atoms with Gasteiger partial charge in [0.15, 0.2) is 5.75 Å². The molecule has 1 aliphatic heterocycles. The summed E-state index contributed by atoms with van der Waals surface area (Å²) >= 11 is 0. The summed E-state index contributed by atoms with van der Waals surface area (Å²) in [6.07, 6.45) is 2.94. The smallest absolute Gasteiger partial charge is 0.311 e. The van der Waals surface area contributed by atoms with Gasteiger partial charge in [0.1, 0.15) is 5.52 Å². The molecule has 1 aromatic heterocycles. The van der Waals surface area contributed by atoms with Crippen molar-refractivity contribution < 1.29 is 14.3 Å². The largest absolute Gasteiger partial charge is 0.424 e. The molecule has 0 saturated carbocycles. The van der Waals surface area contributed by atoms with Gasteiger partial charge < -0.3 is 9.47 Å². The first-order valence-corrected chi connectivity index (χ1v) is 9.57. The molecular weight excluding hydrogens is 328 g/mol. The summed E-state index contributed by atoms with van der Waals surface area (Å²) in [6, 6.07) is 6.10. The topological polar surface area (TPSA) is 51.7 Å². The van der Waals surface area contributed by atoms with E-state index in [0.717, 1.165) is 55.7 Å². The Balaban J connectivity index is 0.00000117. The SMILES string of the molecule is CC.CCCC(=O)Oc1c(C)cc(CN2CCOCC2)c2cccnc12. The number of carbonyl (C=O) groups is 1. The summed E-state index contributed by atoms with van der Waals surface area (Å²) in [5.41, 5.74) is 2.94. The lowest BCUT2D eigenvalue weighted by atomic mass is 10.0. The second-order valence-corrected chi connectivity index (χ2v) is 6.19. The van der Waals surface area contributed by atoms with E-state index < -0.39 is 0 Å². The number of nitrogens with zero attached hydrogens (tertiary/aromatic N) is 2. The van der Waals surface area contributed by atoms with Crippen LogP contribution in [0.3, 0.4) is 0 Å². The predicted molar refractivity (Wildman–Crippen MR) is 104 cm³/mol. The molecule has 0 bridgehead atoms. The average Bonchev–Trinajstić information content (AvgIpc) is 2.67. The molecule has 142 valence electrons. The van der Waals surface area contributed by atoms with Gasteiger partial charge >= 0.3 is 5.97 Å². The van der Waals surface area contributed by atoms with Gasteiger partial charge in [-0.2, -0.15) is 0 Å². The minimum atomic E-state index is -0.200. The normalized spacial score (nSPS) is 14.6. The van der Waals surface area contributed by atoms with E-state index in [9.17, 15) is 4.79 Å². The van der Waals surface area contributed by atoms with Gasteiger partial charge in [-0.05, 0) is 30.5 Å². The van der Waals surface area contributed by atoms with Crippen molar-refractivity contribution in [3.05, 3.63) is 35.5 Å². The van der Waals surface area contributed by atoms with Crippen molar-refractivity contribution >= 4 is 16.9 Å². The number of aryl methyl sites for hydroxylation is 1. The summed E-state index contributed by atoms with van der Waals surface area (Å²) in [5, 5.41) is 1.05. The van der Waals surface area contributed by atoms with Gasteiger partial charge in [0.05, 0.1) is 13.2 Å². The number of ether oxygens (including phenoxy) is 2. The molecule has 0 spiro atoms. The molecule has 26 heavy (non-hydrogen) atoms. The molecule has 0 radical (unpaired) electrons. The third kappa shape index (κ3) is 5.02. The van der Waals surface area contributed by atoms with Crippen LogP contribution in [0.25, 0.3) is 10.9 Å². The summed E-state index contributed by atoms with van der Waals surface area (Å²) in [6.45, 7) is 12.2. The first-order valence-electron chi connectivity index (χ1n) is 9.57. The Bertz CT molecular complexity index is 725. The fraction of sp³-hybridized carbons (Fsp3) is 0.524. The maximum Gasteiger partial charge on any atom is 0.311 e. The number of hydrogen-bond donors (Lipinski definition) is 0. The van der Waals surface area contributed by atoms with Crippen molar-refractivity contribution in [1.82, 2.24) is 9.88 Å². The maximum atomic E-state index is 11.9. The third-order valence-corrected chi connectivity index (χ3v) is 4.29. The van der Waals surface area contributed by atoms with Crippen LogP contribution in [-0.2, 0) is 16.1 Å². The molecule has 1 fully saturated rings. The van der Waals surface area contributed by atoms with Crippen molar-refractivity contribution in [3.63, 3.8) is 0 Å². The number of aromatic nitrogens is 1. The number of fused-ring (bicyclic) bond motifs is 1. The molecule has 1 aromatic carbocycles. The van der Waals surface area contributed by atoms with Crippen molar-refractivity contribution in [2.24, 2.45) is 0 Å². The molecule has 1 saturated heterocycles. The Labute approximate surface area is 156 Å². The molecule has 0 N–H and O–H groups in total. The quantitative estimate of drug-likeness (QED) is 0.595. The molecule has 3 rings (SSSR count). The molecule has 5 heteroatoms. The van der Waals surface area contributed by atoms with E-state index >= 15 is 0 Å². The molecule has 0 unspecified atom stereocenters. The first kappa shape index (κ1) is 20.3. The third-order valence-electron chi connectivity index (χ3n) is 4.29. The van der Waals surface area contributed by atoms with Gasteiger partial charge in [-0.3, -0.25) is 14.7 Å². The van der Waals surface area contributed by atoms with Crippen LogP contribution < -0.4 is 4.74 Å². The van der Waals surface area contributed by atoms with Crippen LogP contribution in [0.5, 0.6) is 5.75 Å². The van der Waals surface area contributed by atoms with E-state index in [1.807, 2.05) is 33.8 Å². The lowest BCUT2D eigenvalue weighted by molar-refractivity contribution is -0.134. The molecule has 2 heterocycles. The van der Waals surface area contributed by atoms with E-state index in [-0.39, 0.29) is 5.97 Å². The summed E-state index contributed by atoms with van der Waals surface area (Å²) in [5.74, 6) is 0.392. The Morgan fingerprint density at radius 1 is 1.31 bits per heavy atom. The summed E-state index contributed by atoms with van der Waals surface area (Å²) in [4.78, 5) is 18.8. The number of esters is 1. The van der Waals surface area contributed by atoms with Crippen molar-refractivity contribution in [1.29, 1.82) is 0 Å². The zero-order valence-electron chi connectivity index (χ0n) is 16.4. The highest BCUT2D eigenvalue weighted by Crippen LogP contribution is 2.32. The van der Waals surface area contributed by atoms with Crippen molar-refractivity contribution in [2.45, 2.75) is 47.1 Å². The minimum Gasteiger partial charge on any atom is -0.424 e. The molecule has 1 aliphatic rings. The van der Waals surface area contributed by atoms with Gasteiger partial charge in [0.2, 0.25) is 0 Å². The van der Waals surface area contributed by atoms with Gasteiger partial charge in [-0.25, -0.2) is 0 Å². The van der Waals surface area contributed by atoms with E-state index in [1.165, 1.54) is 5.56 Å². The monoisotopic (exact) mass is 358 g/mol. The highest BCUT2D eigenvalue weighted by atomic mass is 16.5. The number of rotatable bonds is 5. The zero-order chi connectivity index (χ0) is 18.9. The van der Waals surface area contributed by atoms with Gasteiger partial charge in [-0.1, -0.05) is 32.9 Å². The molecule has 0 aliphatic carbocycles. The standard InChI is InChI=1S/C19H24N2O3.C2H6/c1-3-5-17(22)24-19-14(2)12-15(13-21-8-10-23-11-9-21)16-6-4-7-20-18(16)19;1-2/h4,6-7,12H,3,5,8-11,13H2,1-2H3;1-2H3. The van der Waals surface area contributed by atoms with E-state index in [1.54, 1.807) is 6.20 Å². The van der Waals surface area contributed by atoms with Gasteiger partial charge in [-0.15, -0.1) is 0 Å². The Hall–Kier alpha value is -1.98. The van der Waals surface area contributed by atoms with E-state index in [0.29, 0.717) is 12.2 Å². The van der Waals surface area contributed by atoms with Crippen LogP contribution in [0.1, 0.15) is 44.7 Å².